The highest BCUT2D eigenvalue weighted by Gasteiger charge is 1.99. The van der Waals surface area contributed by atoms with Gasteiger partial charge in [0.2, 0.25) is 5.91 Å². The van der Waals surface area contributed by atoms with Crippen LogP contribution < -0.4 is 5.73 Å². The summed E-state index contributed by atoms with van der Waals surface area (Å²) in [5.74, 6) is -0.311. The van der Waals surface area contributed by atoms with Crippen molar-refractivity contribution in [3.63, 3.8) is 0 Å². The van der Waals surface area contributed by atoms with Crippen molar-refractivity contribution in [2.75, 3.05) is 19.6 Å². The molecule has 2 N–H and O–H groups in total. The molecule has 0 aliphatic heterocycles. The first-order valence-corrected chi connectivity index (χ1v) is 4.55. The molecule has 0 aliphatic carbocycles. The van der Waals surface area contributed by atoms with Gasteiger partial charge in [-0.1, -0.05) is 13.8 Å². The molecule has 0 aromatic carbocycles. The smallest absolute Gasteiger partial charge is 0.221 e. The van der Waals surface area contributed by atoms with Crippen LogP contribution in [0.4, 0.5) is 0 Å². The molecule has 1 amide bonds. The minimum atomic E-state index is -0.311. The highest BCUT2D eigenvalue weighted by molar-refractivity contribution is 5.82. The zero-order chi connectivity index (χ0) is 9.40. The molecule has 0 bridgehead atoms. The molecule has 0 saturated carbocycles. The Balaban J connectivity index is 3.23. The molecule has 0 aliphatic rings. The van der Waals surface area contributed by atoms with Crippen LogP contribution in [0.25, 0.3) is 0 Å². The monoisotopic (exact) mass is 171 g/mol. The van der Waals surface area contributed by atoms with Gasteiger partial charge in [-0.25, -0.2) is 0 Å². The quantitative estimate of drug-likeness (QED) is 0.576. The highest BCUT2D eigenvalue weighted by atomic mass is 16.1. The van der Waals surface area contributed by atoms with Crippen molar-refractivity contribution in [1.29, 1.82) is 0 Å². The Morgan fingerprint density at radius 1 is 1.42 bits per heavy atom. The number of nitrogens with two attached hydrogens (primary N) is 1. The second-order valence-electron chi connectivity index (χ2n) is 2.78. The minimum absolute atomic E-state index is 0.311. The van der Waals surface area contributed by atoms with Gasteiger partial charge in [-0.3, -0.25) is 4.79 Å². The number of amides is 1. The number of primary amides is 1. The van der Waals surface area contributed by atoms with E-state index in [4.69, 9.17) is 5.73 Å². The summed E-state index contributed by atoms with van der Waals surface area (Å²) in [6.07, 6.45) is 3.36. The highest BCUT2D eigenvalue weighted by Crippen LogP contribution is 1.96. The first-order chi connectivity index (χ1) is 5.70. The molecule has 3 nitrogen and oxygen atoms in total. The van der Waals surface area contributed by atoms with Gasteiger partial charge in [0, 0.05) is 6.42 Å². The van der Waals surface area contributed by atoms with Gasteiger partial charge in [0.1, 0.15) is 0 Å². The topological polar surface area (TPSA) is 46.3 Å². The van der Waals surface area contributed by atoms with Crippen molar-refractivity contribution in [2.45, 2.75) is 26.7 Å². The van der Waals surface area contributed by atoms with E-state index in [1.54, 1.807) is 6.42 Å². The van der Waals surface area contributed by atoms with Gasteiger partial charge < -0.3 is 10.6 Å². The molecule has 0 atom stereocenters. The standard InChI is InChI=1S/C9H19N2O/c1-3-11(4-2)8-6-5-7-9(10)12/h7H,3-6,8H2,1-2H3,(H2,10,12). The van der Waals surface area contributed by atoms with Gasteiger partial charge >= 0.3 is 0 Å². The zero-order valence-corrected chi connectivity index (χ0v) is 8.05. The Bertz CT molecular complexity index is 122. The van der Waals surface area contributed by atoms with Crippen LogP contribution in [0, 0.1) is 6.42 Å². The number of hydrogen-bond acceptors (Lipinski definition) is 2. The summed E-state index contributed by atoms with van der Waals surface area (Å²) in [6.45, 7) is 7.49. The van der Waals surface area contributed by atoms with Gasteiger partial charge in [0.05, 0.1) is 0 Å². The molecular formula is C9H19N2O. The number of carbonyl (C=O) groups is 1. The van der Waals surface area contributed by atoms with Crippen LogP contribution in [0.15, 0.2) is 0 Å². The lowest BCUT2D eigenvalue weighted by molar-refractivity contribution is -0.115. The minimum Gasteiger partial charge on any atom is -0.369 e. The Hall–Kier alpha value is -0.570. The number of nitrogens with zero attached hydrogens (tertiary/aromatic N) is 1. The van der Waals surface area contributed by atoms with Crippen LogP contribution in [-0.2, 0) is 4.79 Å². The second-order valence-corrected chi connectivity index (χ2v) is 2.78. The third-order valence-electron chi connectivity index (χ3n) is 1.92. The lowest BCUT2D eigenvalue weighted by Crippen LogP contribution is -2.24. The van der Waals surface area contributed by atoms with E-state index in [-0.39, 0.29) is 5.91 Å². The fraction of sp³-hybridized carbons (Fsp3) is 0.778. The molecule has 0 aromatic heterocycles. The van der Waals surface area contributed by atoms with E-state index < -0.39 is 0 Å². The number of unbranched alkanes of at least 4 members (excludes halogenated alkanes) is 1. The van der Waals surface area contributed by atoms with E-state index in [0.717, 1.165) is 32.5 Å². The number of rotatable bonds is 7. The summed E-state index contributed by atoms with van der Waals surface area (Å²) in [4.78, 5) is 12.7. The van der Waals surface area contributed by atoms with Gasteiger partial charge in [-0.2, -0.15) is 0 Å². The zero-order valence-electron chi connectivity index (χ0n) is 8.05. The molecule has 71 valence electrons. The van der Waals surface area contributed by atoms with E-state index in [1.165, 1.54) is 0 Å². The number of carbonyl (C=O) groups excluding carboxylic acids is 1. The average Bonchev–Trinajstić information content (AvgIpc) is 2.04. The van der Waals surface area contributed by atoms with Crippen LogP contribution in [0.2, 0.25) is 0 Å². The summed E-state index contributed by atoms with van der Waals surface area (Å²) in [6, 6.07) is 0. The summed E-state index contributed by atoms with van der Waals surface area (Å²) in [7, 11) is 0. The van der Waals surface area contributed by atoms with Gasteiger partial charge in [-0.05, 0) is 32.5 Å². The van der Waals surface area contributed by atoms with E-state index in [0.29, 0.717) is 0 Å². The molecule has 12 heavy (non-hydrogen) atoms. The molecule has 3 heteroatoms. The normalized spacial score (nSPS) is 10.6. The predicted octanol–water partition coefficient (Wildman–Crippen LogP) is 0.798. The largest absolute Gasteiger partial charge is 0.369 e. The van der Waals surface area contributed by atoms with Crippen molar-refractivity contribution >= 4 is 5.91 Å². The first-order valence-electron chi connectivity index (χ1n) is 4.55. The van der Waals surface area contributed by atoms with Crippen molar-refractivity contribution in [3.05, 3.63) is 6.42 Å². The molecular weight excluding hydrogens is 152 g/mol. The molecule has 1 radical (unpaired) electrons. The first kappa shape index (κ1) is 11.4. The van der Waals surface area contributed by atoms with E-state index in [9.17, 15) is 4.79 Å². The molecule has 0 saturated heterocycles. The van der Waals surface area contributed by atoms with Crippen LogP contribution in [0.5, 0.6) is 0 Å². The molecule has 0 rings (SSSR count). The van der Waals surface area contributed by atoms with Crippen molar-refractivity contribution in [1.82, 2.24) is 4.90 Å². The lowest BCUT2D eigenvalue weighted by Gasteiger charge is -2.16. The van der Waals surface area contributed by atoms with E-state index >= 15 is 0 Å². The SMILES string of the molecule is CCN(CC)CCC[CH]C(N)=O. The summed E-state index contributed by atoms with van der Waals surface area (Å²) in [5.41, 5.74) is 4.97. The lowest BCUT2D eigenvalue weighted by atomic mass is 10.2. The Morgan fingerprint density at radius 3 is 2.42 bits per heavy atom. The van der Waals surface area contributed by atoms with Crippen LogP contribution in [0.3, 0.4) is 0 Å². The second kappa shape index (κ2) is 7.10. The third-order valence-corrected chi connectivity index (χ3v) is 1.92. The number of hydrogen-bond donors (Lipinski definition) is 1. The predicted molar refractivity (Wildman–Crippen MR) is 50.5 cm³/mol. The summed E-state index contributed by atoms with van der Waals surface area (Å²) in [5, 5.41) is 0. The van der Waals surface area contributed by atoms with Crippen LogP contribution in [0.1, 0.15) is 26.7 Å². The van der Waals surface area contributed by atoms with Gasteiger partial charge in [0.15, 0.2) is 0 Å². The van der Waals surface area contributed by atoms with Gasteiger partial charge in [0.25, 0.3) is 0 Å². The van der Waals surface area contributed by atoms with Crippen LogP contribution in [-0.4, -0.2) is 30.4 Å². The summed E-state index contributed by atoms with van der Waals surface area (Å²) >= 11 is 0. The third kappa shape index (κ3) is 6.16. The van der Waals surface area contributed by atoms with Crippen molar-refractivity contribution in [3.8, 4) is 0 Å². The Labute approximate surface area is 74.9 Å². The fourth-order valence-electron chi connectivity index (χ4n) is 1.10. The molecule has 0 aromatic rings. The van der Waals surface area contributed by atoms with E-state index in [1.807, 2.05) is 0 Å². The van der Waals surface area contributed by atoms with Crippen molar-refractivity contribution in [2.24, 2.45) is 5.73 Å². The van der Waals surface area contributed by atoms with Crippen molar-refractivity contribution < 1.29 is 4.79 Å². The molecule has 0 heterocycles. The van der Waals surface area contributed by atoms with Gasteiger partial charge in [-0.15, -0.1) is 0 Å². The maximum absolute atomic E-state index is 10.3. The molecule has 0 fully saturated rings. The fourth-order valence-corrected chi connectivity index (χ4v) is 1.10. The maximum Gasteiger partial charge on any atom is 0.221 e. The average molecular weight is 171 g/mol. The Morgan fingerprint density at radius 2 is 2.00 bits per heavy atom. The maximum atomic E-state index is 10.3. The van der Waals surface area contributed by atoms with E-state index in [2.05, 4.69) is 18.7 Å². The molecule has 0 unspecified atom stereocenters. The molecule has 0 spiro atoms. The summed E-state index contributed by atoms with van der Waals surface area (Å²) < 4.78 is 0. The van der Waals surface area contributed by atoms with Crippen LogP contribution >= 0.6 is 0 Å². The Kier molecular flexibility index (Phi) is 6.76.